The molecule has 1 atom stereocenters. The second-order valence-electron chi connectivity index (χ2n) is 3.62. The Morgan fingerprint density at radius 3 is 3.29 bits per heavy atom. The summed E-state index contributed by atoms with van der Waals surface area (Å²) >= 11 is 7.30. The van der Waals surface area contributed by atoms with Crippen LogP contribution in [-0.2, 0) is 6.54 Å². The molecule has 0 bridgehead atoms. The van der Waals surface area contributed by atoms with E-state index in [-0.39, 0.29) is 0 Å². The third kappa shape index (κ3) is 2.45. The van der Waals surface area contributed by atoms with Gasteiger partial charge in [0, 0.05) is 37.6 Å². The van der Waals surface area contributed by atoms with E-state index in [4.69, 9.17) is 11.6 Å². The fourth-order valence-corrected chi connectivity index (χ4v) is 2.45. The Hall–Kier alpha value is -0.160. The van der Waals surface area contributed by atoms with Gasteiger partial charge in [0.25, 0.3) is 0 Å². The standard InChI is InChI=1S/C9H14ClN3S/c1-7-4-11-2-3-13(7)5-8-6-14-9(10)12-8/h6-7,11H,2-5H2,1H3. The van der Waals surface area contributed by atoms with Crippen LogP contribution in [0.1, 0.15) is 12.6 Å². The molecule has 0 amide bonds. The van der Waals surface area contributed by atoms with Gasteiger partial charge >= 0.3 is 0 Å². The lowest BCUT2D eigenvalue weighted by atomic mass is 10.2. The summed E-state index contributed by atoms with van der Waals surface area (Å²) in [5, 5.41) is 5.41. The highest BCUT2D eigenvalue weighted by Crippen LogP contribution is 2.17. The first-order chi connectivity index (χ1) is 6.75. The Balaban J connectivity index is 1.95. The first-order valence-electron chi connectivity index (χ1n) is 4.80. The highest BCUT2D eigenvalue weighted by Gasteiger charge is 2.18. The molecular weight excluding hydrogens is 218 g/mol. The molecule has 1 aliphatic rings. The third-order valence-corrected chi connectivity index (χ3v) is 3.56. The minimum Gasteiger partial charge on any atom is -0.314 e. The average molecular weight is 232 g/mol. The van der Waals surface area contributed by atoms with E-state index in [0.717, 1.165) is 31.9 Å². The molecule has 1 unspecified atom stereocenters. The maximum atomic E-state index is 5.79. The summed E-state index contributed by atoms with van der Waals surface area (Å²) in [5.41, 5.74) is 1.09. The van der Waals surface area contributed by atoms with E-state index in [0.29, 0.717) is 10.5 Å². The number of hydrogen-bond donors (Lipinski definition) is 1. The molecule has 0 saturated carbocycles. The fourth-order valence-electron chi connectivity index (χ4n) is 1.68. The minimum absolute atomic E-state index is 0.587. The van der Waals surface area contributed by atoms with Gasteiger partial charge in [0.2, 0.25) is 0 Å². The van der Waals surface area contributed by atoms with Crippen molar-refractivity contribution in [3.05, 3.63) is 15.5 Å². The molecule has 0 aliphatic carbocycles. The Morgan fingerprint density at radius 1 is 1.79 bits per heavy atom. The van der Waals surface area contributed by atoms with Crippen LogP contribution in [0.4, 0.5) is 0 Å². The van der Waals surface area contributed by atoms with Crippen molar-refractivity contribution in [2.45, 2.75) is 19.5 Å². The first kappa shape index (κ1) is 10.4. The van der Waals surface area contributed by atoms with E-state index in [1.165, 1.54) is 11.3 Å². The van der Waals surface area contributed by atoms with Gasteiger partial charge in [-0.05, 0) is 6.92 Å². The van der Waals surface area contributed by atoms with E-state index < -0.39 is 0 Å². The normalized spacial score (nSPS) is 24.0. The first-order valence-corrected chi connectivity index (χ1v) is 6.06. The maximum absolute atomic E-state index is 5.79. The molecular formula is C9H14ClN3S. The lowest BCUT2D eigenvalue weighted by Gasteiger charge is -2.33. The molecule has 2 heterocycles. The van der Waals surface area contributed by atoms with Crippen molar-refractivity contribution in [2.75, 3.05) is 19.6 Å². The SMILES string of the molecule is CC1CNCCN1Cc1csc(Cl)n1. The summed E-state index contributed by atoms with van der Waals surface area (Å²) in [6.45, 7) is 6.39. The molecule has 1 saturated heterocycles. The van der Waals surface area contributed by atoms with E-state index in [1.807, 2.05) is 5.38 Å². The number of rotatable bonds is 2. The topological polar surface area (TPSA) is 28.2 Å². The molecule has 3 nitrogen and oxygen atoms in total. The number of hydrogen-bond acceptors (Lipinski definition) is 4. The van der Waals surface area contributed by atoms with Crippen LogP contribution in [0, 0.1) is 0 Å². The van der Waals surface area contributed by atoms with E-state index in [2.05, 4.69) is 22.1 Å². The number of halogens is 1. The number of piperazine rings is 1. The molecule has 1 aliphatic heterocycles. The molecule has 0 spiro atoms. The van der Waals surface area contributed by atoms with Crippen LogP contribution in [0.15, 0.2) is 5.38 Å². The largest absolute Gasteiger partial charge is 0.314 e. The van der Waals surface area contributed by atoms with Gasteiger partial charge in [-0.2, -0.15) is 0 Å². The van der Waals surface area contributed by atoms with Crippen molar-refractivity contribution < 1.29 is 0 Å². The molecule has 1 N–H and O–H groups in total. The van der Waals surface area contributed by atoms with Crippen LogP contribution in [0.5, 0.6) is 0 Å². The summed E-state index contributed by atoms with van der Waals surface area (Å²) in [4.78, 5) is 6.69. The van der Waals surface area contributed by atoms with Crippen LogP contribution >= 0.6 is 22.9 Å². The van der Waals surface area contributed by atoms with Crippen LogP contribution in [0.25, 0.3) is 0 Å². The second kappa shape index (κ2) is 4.57. The molecule has 78 valence electrons. The smallest absolute Gasteiger partial charge is 0.183 e. The lowest BCUT2D eigenvalue weighted by Crippen LogP contribution is -2.49. The van der Waals surface area contributed by atoms with Crippen molar-refractivity contribution in [3.63, 3.8) is 0 Å². The fraction of sp³-hybridized carbons (Fsp3) is 0.667. The molecule has 2 rings (SSSR count). The predicted octanol–water partition coefficient (Wildman–Crippen LogP) is 1.59. The molecule has 5 heteroatoms. The lowest BCUT2D eigenvalue weighted by molar-refractivity contribution is 0.164. The molecule has 0 aromatic carbocycles. The van der Waals surface area contributed by atoms with Gasteiger partial charge in [-0.3, -0.25) is 4.90 Å². The van der Waals surface area contributed by atoms with E-state index in [9.17, 15) is 0 Å². The summed E-state index contributed by atoms with van der Waals surface area (Å²) in [6.07, 6.45) is 0. The van der Waals surface area contributed by atoms with Crippen molar-refractivity contribution in [1.29, 1.82) is 0 Å². The zero-order valence-corrected chi connectivity index (χ0v) is 9.74. The average Bonchev–Trinajstić information content (AvgIpc) is 2.56. The molecule has 0 radical (unpaired) electrons. The predicted molar refractivity (Wildman–Crippen MR) is 59.9 cm³/mol. The zero-order chi connectivity index (χ0) is 9.97. The monoisotopic (exact) mass is 231 g/mol. The Labute approximate surface area is 93.1 Å². The van der Waals surface area contributed by atoms with Crippen molar-refractivity contribution >= 4 is 22.9 Å². The van der Waals surface area contributed by atoms with E-state index in [1.54, 1.807) is 0 Å². The van der Waals surface area contributed by atoms with Gasteiger partial charge in [0.15, 0.2) is 4.47 Å². The number of nitrogens with one attached hydrogen (secondary N) is 1. The highest BCUT2D eigenvalue weighted by atomic mass is 35.5. The molecule has 1 aromatic rings. The summed E-state index contributed by atoms with van der Waals surface area (Å²) in [6, 6.07) is 0.587. The highest BCUT2D eigenvalue weighted by molar-refractivity contribution is 7.13. The number of nitrogens with zero attached hydrogens (tertiary/aromatic N) is 2. The number of aromatic nitrogens is 1. The van der Waals surface area contributed by atoms with Gasteiger partial charge in [0.05, 0.1) is 5.69 Å². The van der Waals surface area contributed by atoms with Crippen molar-refractivity contribution in [1.82, 2.24) is 15.2 Å². The Morgan fingerprint density at radius 2 is 2.64 bits per heavy atom. The summed E-state index contributed by atoms with van der Waals surface area (Å²) < 4.78 is 0.641. The quantitative estimate of drug-likeness (QED) is 0.838. The Kier molecular flexibility index (Phi) is 3.38. The maximum Gasteiger partial charge on any atom is 0.183 e. The second-order valence-corrected chi connectivity index (χ2v) is 5.06. The number of thiazole rings is 1. The van der Waals surface area contributed by atoms with Gasteiger partial charge in [-0.25, -0.2) is 4.98 Å². The third-order valence-electron chi connectivity index (χ3n) is 2.53. The summed E-state index contributed by atoms with van der Waals surface area (Å²) in [7, 11) is 0. The van der Waals surface area contributed by atoms with E-state index >= 15 is 0 Å². The van der Waals surface area contributed by atoms with Crippen LogP contribution in [-0.4, -0.2) is 35.6 Å². The van der Waals surface area contributed by atoms with Gasteiger partial charge in [-0.1, -0.05) is 11.6 Å². The van der Waals surface area contributed by atoms with Gasteiger partial charge in [0.1, 0.15) is 0 Å². The van der Waals surface area contributed by atoms with Gasteiger partial charge in [-0.15, -0.1) is 11.3 Å². The summed E-state index contributed by atoms with van der Waals surface area (Å²) in [5.74, 6) is 0. The molecule has 1 fully saturated rings. The van der Waals surface area contributed by atoms with Crippen LogP contribution in [0.3, 0.4) is 0 Å². The zero-order valence-electron chi connectivity index (χ0n) is 8.16. The Bertz CT molecular complexity index is 302. The molecule has 1 aromatic heterocycles. The van der Waals surface area contributed by atoms with Crippen LogP contribution < -0.4 is 5.32 Å². The molecule has 14 heavy (non-hydrogen) atoms. The van der Waals surface area contributed by atoms with Crippen molar-refractivity contribution in [3.8, 4) is 0 Å². The van der Waals surface area contributed by atoms with Crippen LogP contribution in [0.2, 0.25) is 4.47 Å². The minimum atomic E-state index is 0.587. The van der Waals surface area contributed by atoms with Gasteiger partial charge < -0.3 is 5.32 Å². The van der Waals surface area contributed by atoms with Crippen molar-refractivity contribution in [2.24, 2.45) is 0 Å².